The molecule has 3 aromatic rings. The number of aromatic nitrogens is 2. The summed E-state index contributed by atoms with van der Waals surface area (Å²) >= 11 is 5.87. The van der Waals surface area contributed by atoms with Crippen LogP contribution in [0.2, 0.25) is 5.02 Å². The summed E-state index contributed by atoms with van der Waals surface area (Å²) in [5.74, 6) is 0.482. The zero-order valence-corrected chi connectivity index (χ0v) is 16.2. The van der Waals surface area contributed by atoms with Crippen LogP contribution in [-0.4, -0.2) is 41.0 Å². The number of hydrogen-bond donors (Lipinski definition) is 1. The molecule has 1 N–H and O–H groups in total. The Bertz CT molecular complexity index is 983. The fourth-order valence-corrected chi connectivity index (χ4v) is 2.63. The van der Waals surface area contributed by atoms with E-state index in [4.69, 9.17) is 16.1 Å². The molecule has 0 atom stereocenters. The van der Waals surface area contributed by atoms with Crippen LogP contribution in [0.25, 0.3) is 11.4 Å². The number of carbonyl (C=O) groups is 2. The van der Waals surface area contributed by atoms with E-state index in [9.17, 15) is 9.59 Å². The second-order valence-corrected chi connectivity index (χ2v) is 6.78. The Hall–Kier alpha value is -3.19. The molecule has 1 heterocycles. The van der Waals surface area contributed by atoms with Gasteiger partial charge in [-0.2, -0.15) is 4.98 Å². The minimum absolute atomic E-state index is 0.128. The topological polar surface area (TPSA) is 88.3 Å². The van der Waals surface area contributed by atoms with Crippen molar-refractivity contribution in [2.24, 2.45) is 0 Å². The van der Waals surface area contributed by atoms with Crippen LogP contribution in [0, 0.1) is 0 Å². The molecular formula is C20H19ClN4O3. The van der Waals surface area contributed by atoms with Gasteiger partial charge < -0.3 is 14.7 Å². The highest BCUT2D eigenvalue weighted by Crippen LogP contribution is 2.19. The van der Waals surface area contributed by atoms with Crippen LogP contribution in [0.15, 0.2) is 53.1 Å². The Balaban J connectivity index is 1.57. The number of hydrogen-bond acceptors (Lipinski definition) is 5. The zero-order chi connectivity index (χ0) is 20.1. The van der Waals surface area contributed by atoms with Crippen molar-refractivity contribution in [3.8, 4) is 11.4 Å². The van der Waals surface area contributed by atoms with Crippen LogP contribution in [-0.2, 0) is 11.2 Å². The maximum atomic E-state index is 12.2. The van der Waals surface area contributed by atoms with Crippen molar-refractivity contribution >= 4 is 29.1 Å². The Morgan fingerprint density at radius 2 is 1.89 bits per heavy atom. The maximum absolute atomic E-state index is 12.2. The third kappa shape index (κ3) is 4.95. The third-order valence-corrected chi connectivity index (χ3v) is 4.19. The molecule has 0 saturated heterocycles. The highest BCUT2D eigenvalue weighted by atomic mass is 35.5. The van der Waals surface area contributed by atoms with Gasteiger partial charge in [-0.25, -0.2) is 0 Å². The number of anilines is 1. The molecule has 0 saturated carbocycles. The average Bonchev–Trinajstić information content (AvgIpc) is 3.15. The third-order valence-electron chi connectivity index (χ3n) is 3.94. The first-order valence-corrected chi connectivity index (χ1v) is 9.00. The number of halogens is 1. The first-order valence-electron chi connectivity index (χ1n) is 8.62. The fraction of sp³-hybridized carbons (Fsp3) is 0.200. The van der Waals surface area contributed by atoms with Gasteiger partial charge in [-0.15, -0.1) is 0 Å². The lowest BCUT2D eigenvalue weighted by Gasteiger charge is -2.11. The molecule has 0 spiro atoms. The van der Waals surface area contributed by atoms with Gasteiger partial charge in [-0.1, -0.05) is 22.8 Å². The molecule has 1 aromatic heterocycles. The Morgan fingerprint density at radius 1 is 1.14 bits per heavy atom. The zero-order valence-electron chi connectivity index (χ0n) is 15.5. The van der Waals surface area contributed by atoms with E-state index in [0.29, 0.717) is 34.4 Å². The lowest BCUT2D eigenvalue weighted by molar-refractivity contribution is -0.116. The summed E-state index contributed by atoms with van der Waals surface area (Å²) in [5, 5.41) is 7.32. The van der Waals surface area contributed by atoms with Crippen LogP contribution in [0.5, 0.6) is 0 Å². The maximum Gasteiger partial charge on any atom is 0.253 e. The van der Waals surface area contributed by atoms with E-state index >= 15 is 0 Å². The first kappa shape index (κ1) is 19.6. The van der Waals surface area contributed by atoms with Crippen molar-refractivity contribution in [1.29, 1.82) is 0 Å². The summed E-state index contributed by atoms with van der Waals surface area (Å²) in [6, 6.07) is 13.9. The Labute approximate surface area is 167 Å². The van der Waals surface area contributed by atoms with Crippen LogP contribution < -0.4 is 5.32 Å². The summed E-state index contributed by atoms with van der Waals surface area (Å²) in [6.45, 7) is 0. The SMILES string of the molecule is CN(C)C(=O)c1cccc(NC(=O)CCc2nc(-c3ccc(Cl)cc3)no2)c1. The molecule has 7 nitrogen and oxygen atoms in total. The van der Waals surface area contributed by atoms with Gasteiger partial charge in [-0.05, 0) is 42.5 Å². The smallest absolute Gasteiger partial charge is 0.253 e. The number of aryl methyl sites for hydroxylation is 1. The molecule has 144 valence electrons. The summed E-state index contributed by atoms with van der Waals surface area (Å²) in [7, 11) is 3.35. The van der Waals surface area contributed by atoms with E-state index in [1.807, 2.05) is 0 Å². The number of rotatable bonds is 6. The quantitative estimate of drug-likeness (QED) is 0.684. The largest absolute Gasteiger partial charge is 0.345 e. The second kappa shape index (κ2) is 8.67. The highest BCUT2D eigenvalue weighted by molar-refractivity contribution is 6.30. The van der Waals surface area contributed by atoms with E-state index in [1.54, 1.807) is 62.6 Å². The standard InChI is InChI=1S/C20H19ClN4O3/c1-25(2)20(27)14-4-3-5-16(12-14)22-17(26)10-11-18-23-19(24-28-18)13-6-8-15(21)9-7-13/h3-9,12H,10-11H2,1-2H3,(H,22,26). The second-order valence-electron chi connectivity index (χ2n) is 6.35. The Kier molecular flexibility index (Phi) is 6.06. The molecule has 3 rings (SSSR count). The molecule has 0 aliphatic carbocycles. The minimum Gasteiger partial charge on any atom is -0.345 e. The van der Waals surface area contributed by atoms with Gasteiger partial charge in [0.2, 0.25) is 17.6 Å². The summed E-state index contributed by atoms with van der Waals surface area (Å²) in [4.78, 5) is 30.0. The van der Waals surface area contributed by atoms with Gasteiger partial charge >= 0.3 is 0 Å². The van der Waals surface area contributed by atoms with Crippen molar-refractivity contribution in [1.82, 2.24) is 15.0 Å². The van der Waals surface area contributed by atoms with Gasteiger partial charge in [-0.3, -0.25) is 9.59 Å². The van der Waals surface area contributed by atoms with Gasteiger partial charge in [0.1, 0.15) is 0 Å². The van der Waals surface area contributed by atoms with Crippen LogP contribution in [0.4, 0.5) is 5.69 Å². The van der Waals surface area contributed by atoms with E-state index in [2.05, 4.69) is 15.5 Å². The number of nitrogens with one attached hydrogen (secondary N) is 1. The van der Waals surface area contributed by atoms with Crippen LogP contribution in [0.3, 0.4) is 0 Å². The predicted octanol–water partition coefficient (Wildman–Crippen LogP) is 3.66. The molecule has 2 amide bonds. The number of carbonyl (C=O) groups excluding carboxylic acids is 2. The predicted molar refractivity (Wildman–Crippen MR) is 106 cm³/mol. The molecule has 8 heteroatoms. The van der Waals surface area contributed by atoms with Gasteiger partial charge in [0.15, 0.2) is 0 Å². The minimum atomic E-state index is -0.208. The van der Waals surface area contributed by atoms with E-state index in [1.165, 1.54) is 4.90 Å². The van der Waals surface area contributed by atoms with Gasteiger partial charge in [0.05, 0.1) is 0 Å². The van der Waals surface area contributed by atoms with Crippen molar-refractivity contribution < 1.29 is 14.1 Å². The molecule has 0 unspecified atom stereocenters. The summed E-state index contributed by atoms with van der Waals surface area (Å²) < 4.78 is 5.20. The van der Waals surface area contributed by atoms with Crippen molar-refractivity contribution in [2.75, 3.05) is 19.4 Å². The van der Waals surface area contributed by atoms with Crippen LogP contribution >= 0.6 is 11.6 Å². The molecule has 2 aromatic carbocycles. The van der Waals surface area contributed by atoms with Crippen molar-refractivity contribution in [2.45, 2.75) is 12.8 Å². The van der Waals surface area contributed by atoms with Crippen molar-refractivity contribution in [3.63, 3.8) is 0 Å². The van der Waals surface area contributed by atoms with Crippen molar-refractivity contribution in [3.05, 3.63) is 65.0 Å². The first-order chi connectivity index (χ1) is 13.4. The number of benzene rings is 2. The van der Waals surface area contributed by atoms with Gasteiger partial charge in [0.25, 0.3) is 5.91 Å². The number of nitrogens with zero attached hydrogens (tertiary/aromatic N) is 3. The molecular weight excluding hydrogens is 380 g/mol. The molecule has 0 aliphatic rings. The molecule has 0 aliphatic heterocycles. The van der Waals surface area contributed by atoms with Crippen LogP contribution in [0.1, 0.15) is 22.7 Å². The average molecular weight is 399 g/mol. The summed E-state index contributed by atoms with van der Waals surface area (Å²) in [5.41, 5.74) is 1.85. The van der Waals surface area contributed by atoms with E-state index in [0.717, 1.165) is 5.56 Å². The normalized spacial score (nSPS) is 10.5. The molecule has 28 heavy (non-hydrogen) atoms. The number of amides is 2. The molecule has 0 bridgehead atoms. The monoisotopic (exact) mass is 398 g/mol. The lowest BCUT2D eigenvalue weighted by atomic mass is 10.1. The summed E-state index contributed by atoms with van der Waals surface area (Å²) in [6.07, 6.45) is 0.483. The van der Waals surface area contributed by atoms with Gasteiger partial charge in [0, 0.05) is 48.8 Å². The Morgan fingerprint density at radius 3 is 2.61 bits per heavy atom. The lowest BCUT2D eigenvalue weighted by Crippen LogP contribution is -2.22. The highest BCUT2D eigenvalue weighted by Gasteiger charge is 2.12. The fourth-order valence-electron chi connectivity index (χ4n) is 2.50. The molecule has 0 radical (unpaired) electrons. The van der Waals surface area contributed by atoms with E-state index < -0.39 is 0 Å². The molecule has 0 fully saturated rings. The van der Waals surface area contributed by atoms with E-state index in [-0.39, 0.29) is 18.2 Å².